The molecule has 1 aromatic rings. The molecule has 0 saturated heterocycles. The fourth-order valence-electron chi connectivity index (χ4n) is 1.15. The molecule has 0 aliphatic carbocycles. The maximum Gasteiger partial charge on any atom is 0.241 e. The number of benzene rings is 1. The maximum atomic E-state index is 13.0. The van der Waals surface area contributed by atoms with Crippen LogP contribution >= 0.6 is 11.6 Å². The van der Waals surface area contributed by atoms with Gasteiger partial charge in [-0.1, -0.05) is 25.4 Å². The largest absolute Gasteiger partial charge is 0.325 e. The summed E-state index contributed by atoms with van der Waals surface area (Å²) in [5.74, 6) is -0.832. The van der Waals surface area contributed by atoms with Gasteiger partial charge in [-0.25, -0.2) is 4.39 Å². The zero-order valence-corrected chi connectivity index (χ0v) is 9.88. The minimum Gasteiger partial charge on any atom is -0.325 e. The zero-order chi connectivity index (χ0) is 12.3. The second-order valence-electron chi connectivity index (χ2n) is 3.92. The standard InChI is InChI=1S/C11H14ClFN2O/c1-6(2)10(14)11(16)15-9-4-7(12)3-8(13)5-9/h3-6,10H,14H2,1-2H3,(H,15,16)/t10-/m1/s1. The lowest BCUT2D eigenvalue weighted by Crippen LogP contribution is -2.39. The van der Waals surface area contributed by atoms with Crippen molar-refractivity contribution in [3.8, 4) is 0 Å². The van der Waals surface area contributed by atoms with Crippen molar-refractivity contribution in [1.29, 1.82) is 0 Å². The van der Waals surface area contributed by atoms with Crippen LogP contribution < -0.4 is 11.1 Å². The molecule has 0 bridgehead atoms. The Balaban J connectivity index is 2.77. The number of nitrogens with two attached hydrogens (primary N) is 1. The summed E-state index contributed by atoms with van der Waals surface area (Å²) in [6.45, 7) is 3.67. The molecule has 3 nitrogen and oxygen atoms in total. The number of carbonyl (C=O) groups is 1. The second-order valence-corrected chi connectivity index (χ2v) is 4.35. The van der Waals surface area contributed by atoms with Gasteiger partial charge in [0.25, 0.3) is 0 Å². The van der Waals surface area contributed by atoms with E-state index in [2.05, 4.69) is 5.32 Å². The number of rotatable bonds is 3. The molecule has 0 heterocycles. The van der Waals surface area contributed by atoms with Gasteiger partial charge in [-0.05, 0) is 24.1 Å². The highest BCUT2D eigenvalue weighted by Gasteiger charge is 2.17. The molecular formula is C11H14ClFN2O. The topological polar surface area (TPSA) is 55.1 Å². The van der Waals surface area contributed by atoms with Gasteiger partial charge in [-0.2, -0.15) is 0 Å². The van der Waals surface area contributed by atoms with Crippen LogP contribution in [0, 0.1) is 11.7 Å². The van der Waals surface area contributed by atoms with E-state index in [0.29, 0.717) is 5.69 Å². The van der Waals surface area contributed by atoms with Crippen molar-refractivity contribution in [2.45, 2.75) is 19.9 Å². The predicted octanol–water partition coefficient (Wildman–Crippen LogP) is 2.40. The smallest absolute Gasteiger partial charge is 0.241 e. The fraction of sp³-hybridized carbons (Fsp3) is 0.364. The molecule has 1 rings (SSSR count). The molecule has 0 aliphatic heterocycles. The molecule has 88 valence electrons. The van der Waals surface area contributed by atoms with Crippen LogP contribution in [-0.4, -0.2) is 11.9 Å². The SMILES string of the molecule is CC(C)[C@@H](N)C(=O)Nc1cc(F)cc(Cl)c1. The number of anilines is 1. The molecule has 5 heteroatoms. The molecular weight excluding hydrogens is 231 g/mol. The van der Waals surface area contributed by atoms with Crippen molar-refractivity contribution in [2.75, 3.05) is 5.32 Å². The molecule has 1 amide bonds. The van der Waals surface area contributed by atoms with E-state index in [0.717, 1.165) is 0 Å². The van der Waals surface area contributed by atoms with Crippen molar-refractivity contribution in [1.82, 2.24) is 0 Å². The van der Waals surface area contributed by atoms with Crippen LogP contribution in [0.4, 0.5) is 10.1 Å². The van der Waals surface area contributed by atoms with Gasteiger partial charge < -0.3 is 11.1 Å². The van der Waals surface area contributed by atoms with Crippen LogP contribution in [0.15, 0.2) is 18.2 Å². The Morgan fingerprint density at radius 2 is 2.06 bits per heavy atom. The normalized spacial score (nSPS) is 12.6. The first kappa shape index (κ1) is 12.9. The number of amides is 1. The van der Waals surface area contributed by atoms with Gasteiger partial charge in [0.2, 0.25) is 5.91 Å². The highest BCUT2D eigenvalue weighted by molar-refractivity contribution is 6.30. The van der Waals surface area contributed by atoms with Gasteiger partial charge >= 0.3 is 0 Å². The van der Waals surface area contributed by atoms with Gasteiger partial charge in [-0.15, -0.1) is 0 Å². The van der Waals surface area contributed by atoms with E-state index in [9.17, 15) is 9.18 Å². The van der Waals surface area contributed by atoms with Gasteiger partial charge in [0.05, 0.1) is 6.04 Å². The quantitative estimate of drug-likeness (QED) is 0.858. The monoisotopic (exact) mass is 244 g/mol. The lowest BCUT2D eigenvalue weighted by atomic mass is 10.1. The molecule has 0 spiro atoms. The Bertz CT molecular complexity index is 375. The minimum atomic E-state index is -0.623. The van der Waals surface area contributed by atoms with Crippen LogP contribution in [0.3, 0.4) is 0 Å². The number of hydrogen-bond donors (Lipinski definition) is 2. The van der Waals surface area contributed by atoms with E-state index in [4.69, 9.17) is 17.3 Å². The first-order chi connectivity index (χ1) is 7.40. The molecule has 1 aromatic carbocycles. The molecule has 0 radical (unpaired) electrons. The van der Waals surface area contributed by atoms with E-state index in [1.807, 2.05) is 13.8 Å². The fourth-order valence-corrected chi connectivity index (χ4v) is 1.38. The third-order valence-electron chi connectivity index (χ3n) is 2.15. The molecule has 0 saturated carbocycles. The summed E-state index contributed by atoms with van der Waals surface area (Å²) in [6, 6.07) is 3.20. The van der Waals surface area contributed by atoms with Crippen LogP contribution in [-0.2, 0) is 4.79 Å². The van der Waals surface area contributed by atoms with Crippen molar-refractivity contribution in [2.24, 2.45) is 11.7 Å². The molecule has 0 aromatic heterocycles. The van der Waals surface area contributed by atoms with E-state index in [1.165, 1.54) is 18.2 Å². The summed E-state index contributed by atoms with van der Waals surface area (Å²) >= 11 is 5.65. The molecule has 0 aliphatic rings. The Kier molecular flexibility index (Phi) is 4.26. The average Bonchev–Trinajstić information content (AvgIpc) is 2.14. The van der Waals surface area contributed by atoms with Crippen molar-refractivity contribution in [3.63, 3.8) is 0 Å². The summed E-state index contributed by atoms with van der Waals surface area (Å²) in [4.78, 5) is 11.6. The van der Waals surface area contributed by atoms with Gasteiger partial charge in [0.15, 0.2) is 0 Å². The average molecular weight is 245 g/mol. The van der Waals surface area contributed by atoms with Crippen LogP contribution in [0.25, 0.3) is 0 Å². The Morgan fingerprint density at radius 1 is 1.44 bits per heavy atom. The molecule has 0 fully saturated rings. The molecule has 3 N–H and O–H groups in total. The summed E-state index contributed by atoms with van der Waals surface area (Å²) < 4.78 is 13.0. The minimum absolute atomic E-state index is 0.0176. The van der Waals surface area contributed by atoms with E-state index >= 15 is 0 Å². The number of hydrogen-bond acceptors (Lipinski definition) is 2. The van der Waals surface area contributed by atoms with E-state index < -0.39 is 11.9 Å². The Morgan fingerprint density at radius 3 is 2.56 bits per heavy atom. The van der Waals surface area contributed by atoms with Crippen LogP contribution in [0.2, 0.25) is 5.02 Å². The molecule has 1 atom stereocenters. The van der Waals surface area contributed by atoms with Crippen molar-refractivity contribution < 1.29 is 9.18 Å². The van der Waals surface area contributed by atoms with Gasteiger partial charge in [-0.3, -0.25) is 4.79 Å². The van der Waals surface area contributed by atoms with Gasteiger partial charge in [0, 0.05) is 10.7 Å². The third-order valence-corrected chi connectivity index (χ3v) is 2.37. The summed E-state index contributed by atoms with van der Waals surface area (Å²) in [5, 5.41) is 2.75. The third kappa shape index (κ3) is 3.47. The summed E-state index contributed by atoms with van der Waals surface area (Å²) in [6.07, 6.45) is 0. The second kappa shape index (κ2) is 5.27. The Hall–Kier alpha value is -1.13. The first-order valence-corrected chi connectivity index (χ1v) is 5.30. The lowest BCUT2D eigenvalue weighted by Gasteiger charge is -2.15. The van der Waals surface area contributed by atoms with E-state index in [1.54, 1.807) is 0 Å². The summed E-state index contributed by atoms with van der Waals surface area (Å²) in [5.41, 5.74) is 5.96. The highest BCUT2D eigenvalue weighted by atomic mass is 35.5. The highest BCUT2D eigenvalue weighted by Crippen LogP contribution is 2.18. The molecule has 16 heavy (non-hydrogen) atoms. The first-order valence-electron chi connectivity index (χ1n) is 4.92. The number of carbonyl (C=O) groups excluding carboxylic acids is 1. The molecule has 0 unspecified atom stereocenters. The summed E-state index contributed by atoms with van der Waals surface area (Å²) in [7, 11) is 0. The van der Waals surface area contributed by atoms with E-state index in [-0.39, 0.29) is 16.8 Å². The Labute approximate surface area is 98.8 Å². The van der Waals surface area contributed by atoms with Gasteiger partial charge in [0.1, 0.15) is 5.82 Å². The van der Waals surface area contributed by atoms with Crippen molar-refractivity contribution >= 4 is 23.2 Å². The predicted molar refractivity (Wildman–Crippen MR) is 62.9 cm³/mol. The maximum absolute atomic E-state index is 13.0. The zero-order valence-electron chi connectivity index (χ0n) is 9.13. The van der Waals surface area contributed by atoms with Crippen LogP contribution in [0.5, 0.6) is 0 Å². The van der Waals surface area contributed by atoms with Crippen molar-refractivity contribution in [3.05, 3.63) is 29.0 Å². The lowest BCUT2D eigenvalue weighted by molar-refractivity contribution is -0.118. The van der Waals surface area contributed by atoms with Crippen LogP contribution in [0.1, 0.15) is 13.8 Å². The number of nitrogens with one attached hydrogen (secondary N) is 1. The number of halogens is 2.